The van der Waals surface area contributed by atoms with Gasteiger partial charge in [-0.1, -0.05) is 0 Å². The Morgan fingerprint density at radius 2 is 2.07 bits per heavy atom. The molecule has 1 aliphatic heterocycles. The summed E-state index contributed by atoms with van der Waals surface area (Å²) in [6, 6.07) is 0.387. The number of hydrogen-bond donors (Lipinski definition) is 3. The van der Waals surface area contributed by atoms with Crippen LogP contribution in [0.1, 0.15) is 47.1 Å². The molecule has 152 valence electrons. The molecule has 2 heterocycles. The highest BCUT2D eigenvalue weighted by atomic mass is 32.2. The lowest BCUT2D eigenvalue weighted by molar-refractivity contribution is 0.0694. The maximum absolute atomic E-state index is 15.0. The minimum absolute atomic E-state index is 0.0113. The maximum Gasteiger partial charge on any atom is 0.341 e. The molecule has 0 amide bonds. The van der Waals surface area contributed by atoms with Gasteiger partial charge in [-0.05, 0) is 25.7 Å². The Balaban J connectivity index is 0.000000523. The first-order valence-electron chi connectivity index (χ1n) is 9.87. The first-order valence-corrected chi connectivity index (χ1v) is 9.72. The van der Waals surface area contributed by atoms with Gasteiger partial charge in [0.25, 0.3) is 10.1 Å². The van der Waals surface area contributed by atoms with Crippen molar-refractivity contribution >= 4 is 27.0 Å². The van der Waals surface area contributed by atoms with Crippen LogP contribution in [0.15, 0.2) is 17.1 Å². The molecule has 1 aromatic heterocycles. The molecule has 11 heteroatoms. The quantitative estimate of drug-likeness (QED) is 0.617. The second kappa shape index (κ2) is 6.54. The molecule has 1 saturated carbocycles. The topological polar surface area (TPSA) is 149 Å². The van der Waals surface area contributed by atoms with Crippen molar-refractivity contribution in [2.24, 2.45) is 5.73 Å². The zero-order chi connectivity index (χ0) is 24.6. The second-order valence-corrected chi connectivity index (χ2v) is 7.96. The van der Waals surface area contributed by atoms with Gasteiger partial charge in [0.1, 0.15) is 18.0 Å². The number of carbonyl (C=O) groups is 1. The molecule has 0 spiro atoms. The van der Waals surface area contributed by atoms with Gasteiger partial charge < -0.3 is 20.1 Å². The van der Waals surface area contributed by atoms with Crippen LogP contribution in [0.3, 0.4) is 0 Å². The first-order chi connectivity index (χ1) is 14.4. The third kappa shape index (κ3) is 3.60. The number of carboxylic acids is 1. The van der Waals surface area contributed by atoms with Gasteiger partial charge >= 0.3 is 5.97 Å². The van der Waals surface area contributed by atoms with Gasteiger partial charge in [0.15, 0.2) is 5.75 Å². The van der Waals surface area contributed by atoms with Crippen LogP contribution in [0.4, 0.5) is 4.39 Å². The van der Waals surface area contributed by atoms with Crippen LogP contribution in [-0.2, 0) is 15.7 Å². The molecule has 0 saturated heterocycles. The van der Waals surface area contributed by atoms with E-state index in [1.165, 1.54) is 4.57 Å². The van der Waals surface area contributed by atoms with Crippen molar-refractivity contribution in [2.75, 3.05) is 12.9 Å². The van der Waals surface area contributed by atoms with Gasteiger partial charge in [0, 0.05) is 17.2 Å². The third-order valence-corrected chi connectivity index (χ3v) is 4.19. The van der Waals surface area contributed by atoms with E-state index in [1.54, 1.807) is 6.92 Å². The minimum atomic E-state index is -3.67. The summed E-state index contributed by atoms with van der Waals surface area (Å²) < 4.78 is 79.3. The summed E-state index contributed by atoms with van der Waals surface area (Å²) in [5, 5.41) is 9.01. The van der Waals surface area contributed by atoms with Crippen LogP contribution in [-0.4, -0.2) is 41.5 Å². The first kappa shape index (κ1) is 15.4. The summed E-state index contributed by atoms with van der Waals surface area (Å²) in [6.07, 6.45) is -3.26. The molecule has 0 unspecified atom stereocenters. The molecule has 1 atom stereocenters. The monoisotopic (exact) mass is 418 g/mol. The van der Waals surface area contributed by atoms with Crippen molar-refractivity contribution in [3.63, 3.8) is 0 Å². The number of aromatic nitrogens is 1. The van der Waals surface area contributed by atoms with E-state index in [0.29, 0.717) is 6.26 Å². The average Bonchev–Trinajstić information content (AvgIpc) is 2.94. The number of nitrogens with zero attached hydrogens (tertiary/aromatic N) is 1. The van der Waals surface area contributed by atoms with E-state index in [2.05, 4.69) is 0 Å². The number of hydrogen-bond acceptors (Lipinski definition) is 6. The highest BCUT2D eigenvalue weighted by Crippen LogP contribution is 2.50. The molecule has 1 aliphatic carbocycles. The Morgan fingerprint density at radius 3 is 2.57 bits per heavy atom. The molecule has 4 N–H and O–H groups in total. The number of ether oxygens (including phenoxy) is 1. The minimum Gasteiger partial charge on any atom is -0.489 e. The molecule has 2 aromatic rings. The van der Waals surface area contributed by atoms with Gasteiger partial charge in [0.2, 0.25) is 5.43 Å². The van der Waals surface area contributed by atoms with Gasteiger partial charge in [-0.15, -0.1) is 0 Å². The molecule has 0 radical (unpaired) electrons. The number of benzene rings is 1. The van der Waals surface area contributed by atoms with E-state index in [1.807, 2.05) is 0 Å². The van der Waals surface area contributed by atoms with E-state index in [0.717, 1.165) is 12.3 Å². The number of pyridine rings is 1. The molecule has 9 nitrogen and oxygen atoms in total. The van der Waals surface area contributed by atoms with E-state index in [9.17, 15) is 27.5 Å². The van der Waals surface area contributed by atoms with Crippen molar-refractivity contribution in [2.45, 2.75) is 31.3 Å². The van der Waals surface area contributed by atoms with E-state index in [4.69, 9.17) is 20.5 Å². The Labute approximate surface area is 164 Å². The summed E-state index contributed by atoms with van der Waals surface area (Å²) in [5.41, 5.74) is 1.80. The van der Waals surface area contributed by atoms with E-state index in [-0.39, 0.29) is 23.3 Å². The van der Waals surface area contributed by atoms with Gasteiger partial charge in [-0.25, -0.2) is 9.18 Å². The predicted molar refractivity (Wildman–Crippen MR) is 97.9 cm³/mol. The Kier molecular flexibility index (Phi) is 3.60. The van der Waals surface area contributed by atoms with Crippen molar-refractivity contribution in [3.05, 3.63) is 39.4 Å². The van der Waals surface area contributed by atoms with Crippen LogP contribution in [0.2, 0.25) is 0 Å². The summed E-state index contributed by atoms with van der Waals surface area (Å²) in [4.78, 5) is 23.9. The van der Waals surface area contributed by atoms with Crippen molar-refractivity contribution < 1.29 is 37.5 Å². The smallest absolute Gasteiger partial charge is 0.341 e. The standard InChI is InChI=1S/C16H15FN2O4.CH4O3S/c1-7-6-23-14-11(16(18)2-3-16)10(17)4-8-12(14)19(7)5-9(13(8)20)15(21)22;1-5(2,3)4/h4-5,7H,2-3,6,18H2,1H3,(H,21,22);1H3,(H,2,3,4)/t7-;/m1./s1/i2D2,3D2;. The number of halogens is 1. The normalized spacial score (nSPS) is 25.1. The van der Waals surface area contributed by atoms with Gasteiger partial charge in [-0.3, -0.25) is 9.35 Å². The Morgan fingerprint density at radius 1 is 1.50 bits per heavy atom. The fraction of sp³-hybridized carbons (Fsp3) is 0.412. The maximum atomic E-state index is 15.0. The van der Waals surface area contributed by atoms with Crippen molar-refractivity contribution in [1.82, 2.24) is 4.57 Å². The molecule has 4 rings (SSSR count). The highest BCUT2D eigenvalue weighted by molar-refractivity contribution is 7.85. The highest BCUT2D eigenvalue weighted by Gasteiger charge is 2.46. The van der Waals surface area contributed by atoms with Gasteiger partial charge in [0.05, 0.1) is 28.8 Å². The molecule has 1 aromatic carbocycles. The number of nitrogens with two attached hydrogens (primary N) is 1. The van der Waals surface area contributed by atoms with Crippen LogP contribution in [0.5, 0.6) is 5.75 Å². The largest absolute Gasteiger partial charge is 0.489 e. The van der Waals surface area contributed by atoms with Crippen molar-refractivity contribution in [3.8, 4) is 5.75 Å². The zero-order valence-corrected chi connectivity index (χ0v) is 15.5. The SMILES string of the molecule is CS(=O)(=O)O.[2H]C1([2H])C([2H])([2H])C1(N)c1c(F)cc2c(=O)c(C(=O)O)cn3c2c1OC[C@H]3C. The van der Waals surface area contributed by atoms with Crippen LogP contribution in [0.25, 0.3) is 10.9 Å². The second-order valence-electron chi connectivity index (χ2n) is 6.49. The molecular formula is C17H19FN2O7S. The van der Waals surface area contributed by atoms with E-state index < -0.39 is 62.8 Å². The lowest BCUT2D eigenvalue weighted by atomic mass is 9.98. The third-order valence-electron chi connectivity index (χ3n) is 4.19. The molecule has 1 fully saturated rings. The number of aromatic carboxylic acids is 1. The van der Waals surface area contributed by atoms with E-state index >= 15 is 0 Å². The lowest BCUT2D eigenvalue weighted by Crippen LogP contribution is -2.30. The number of rotatable bonds is 2. The Hall–Kier alpha value is -2.50. The van der Waals surface area contributed by atoms with Crippen molar-refractivity contribution in [1.29, 1.82) is 0 Å². The number of carboxylic acid groups (broad SMARTS) is 1. The fourth-order valence-corrected chi connectivity index (χ4v) is 2.94. The molecule has 28 heavy (non-hydrogen) atoms. The fourth-order valence-electron chi connectivity index (χ4n) is 2.94. The van der Waals surface area contributed by atoms with Gasteiger partial charge in [-0.2, -0.15) is 8.42 Å². The Bertz CT molecular complexity index is 1300. The molecule has 2 aliphatic rings. The molecule has 0 bridgehead atoms. The predicted octanol–water partition coefficient (Wildman–Crippen LogP) is 1.24. The average molecular weight is 418 g/mol. The lowest BCUT2D eigenvalue weighted by Gasteiger charge is -2.29. The van der Waals surface area contributed by atoms with Crippen LogP contribution < -0.4 is 15.9 Å². The van der Waals surface area contributed by atoms with Crippen LogP contribution in [0, 0.1) is 5.82 Å². The summed E-state index contributed by atoms with van der Waals surface area (Å²) in [6.45, 7) is 1.69. The molecular weight excluding hydrogens is 395 g/mol. The zero-order valence-electron chi connectivity index (χ0n) is 18.7. The summed E-state index contributed by atoms with van der Waals surface area (Å²) in [7, 11) is -3.67. The van der Waals surface area contributed by atoms with Crippen LogP contribution >= 0.6 is 0 Å². The summed E-state index contributed by atoms with van der Waals surface area (Å²) >= 11 is 0. The summed E-state index contributed by atoms with van der Waals surface area (Å²) in [5.74, 6) is -2.81.